The van der Waals surface area contributed by atoms with Gasteiger partial charge in [0, 0.05) is 12.8 Å². The fourth-order valence-electron chi connectivity index (χ4n) is 3.08. The molecule has 0 spiro atoms. The Morgan fingerprint density at radius 2 is 2.23 bits per heavy atom. The van der Waals surface area contributed by atoms with Crippen molar-refractivity contribution in [2.75, 3.05) is 6.61 Å². The molecule has 7 heteroatoms. The van der Waals surface area contributed by atoms with Crippen LogP contribution in [0.5, 0.6) is 0 Å². The molecule has 0 aliphatic carbocycles. The number of ether oxygens (including phenoxy) is 1. The molecule has 1 saturated heterocycles. The molecule has 1 aliphatic heterocycles. The lowest BCUT2D eigenvalue weighted by Crippen LogP contribution is -2.27. The van der Waals surface area contributed by atoms with Crippen LogP contribution in [0.4, 0.5) is 0 Å². The van der Waals surface area contributed by atoms with E-state index < -0.39 is 0 Å². The van der Waals surface area contributed by atoms with Gasteiger partial charge in [0.05, 0.1) is 29.2 Å². The molecule has 0 aromatic carbocycles. The molecule has 1 fully saturated rings. The lowest BCUT2D eigenvalue weighted by atomic mass is 10.2. The van der Waals surface area contributed by atoms with Crippen LogP contribution in [0.3, 0.4) is 0 Å². The smallest absolute Gasteiger partial charge is 0.261 e. The van der Waals surface area contributed by atoms with Crippen LogP contribution in [-0.2, 0) is 11.3 Å². The van der Waals surface area contributed by atoms with Crippen molar-refractivity contribution in [3.8, 4) is 0 Å². The molecule has 1 atom stereocenters. The van der Waals surface area contributed by atoms with Gasteiger partial charge in [-0.3, -0.25) is 4.79 Å². The molecule has 0 saturated carbocycles. The zero-order valence-electron chi connectivity index (χ0n) is 12.6. The maximum atomic E-state index is 12.8. The first-order valence-corrected chi connectivity index (χ1v) is 7.48. The molecule has 22 heavy (non-hydrogen) atoms. The summed E-state index contributed by atoms with van der Waals surface area (Å²) in [5.41, 5.74) is 1.38. The molecule has 114 valence electrons. The van der Waals surface area contributed by atoms with Crippen molar-refractivity contribution in [3.05, 3.63) is 34.1 Å². The monoisotopic (exact) mass is 299 g/mol. The molecule has 1 aliphatic rings. The van der Waals surface area contributed by atoms with E-state index in [0.29, 0.717) is 29.2 Å². The average Bonchev–Trinajstić information content (AvgIpc) is 3.10. The number of hydrogen-bond donors (Lipinski definition) is 0. The summed E-state index contributed by atoms with van der Waals surface area (Å²) in [5.74, 6) is 1.17. The highest BCUT2D eigenvalue weighted by Gasteiger charge is 2.18. The zero-order chi connectivity index (χ0) is 15.3. The second-order valence-electron chi connectivity index (χ2n) is 5.74. The lowest BCUT2D eigenvalue weighted by molar-refractivity contribution is 0.0963. The quantitative estimate of drug-likeness (QED) is 0.711. The van der Waals surface area contributed by atoms with E-state index in [1.807, 2.05) is 26.1 Å². The number of aryl methyl sites for hydroxylation is 2. The number of rotatable bonds is 2. The van der Waals surface area contributed by atoms with Crippen molar-refractivity contribution in [1.82, 2.24) is 24.1 Å². The second kappa shape index (κ2) is 4.88. The van der Waals surface area contributed by atoms with Crippen LogP contribution < -0.4 is 5.56 Å². The summed E-state index contributed by atoms with van der Waals surface area (Å²) in [6, 6.07) is 1.90. The van der Waals surface area contributed by atoms with Crippen LogP contribution in [0.1, 0.15) is 24.4 Å². The fourth-order valence-corrected chi connectivity index (χ4v) is 3.08. The van der Waals surface area contributed by atoms with E-state index in [4.69, 9.17) is 4.74 Å². The van der Waals surface area contributed by atoms with Crippen molar-refractivity contribution < 1.29 is 4.74 Å². The van der Waals surface area contributed by atoms with Crippen molar-refractivity contribution in [1.29, 1.82) is 0 Å². The molecule has 3 aromatic heterocycles. The Hall–Kier alpha value is -2.28. The molecule has 0 N–H and O–H groups in total. The summed E-state index contributed by atoms with van der Waals surface area (Å²) >= 11 is 0. The molecular weight excluding hydrogens is 282 g/mol. The van der Waals surface area contributed by atoms with Crippen LogP contribution in [0, 0.1) is 13.8 Å². The van der Waals surface area contributed by atoms with Gasteiger partial charge >= 0.3 is 0 Å². The minimum Gasteiger partial charge on any atom is -0.376 e. The molecular formula is C15H17N5O2. The Morgan fingerprint density at radius 1 is 1.36 bits per heavy atom. The Labute approximate surface area is 126 Å². The van der Waals surface area contributed by atoms with Crippen LogP contribution in [-0.4, -0.2) is 36.9 Å². The SMILES string of the molecule is Cc1nc2nc(C)c3c(=O)n(CC4CCCO4)ccc3n2n1. The van der Waals surface area contributed by atoms with E-state index in [1.54, 1.807) is 9.08 Å². The van der Waals surface area contributed by atoms with Crippen LogP contribution in [0.15, 0.2) is 17.1 Å². The standard InChI is InChI=1S/C15H17N5O2/c1-9-13-12(20-15(16-9)17-10(2)18-20)5-6-19(14(13)21)8-11-4-3-7-22-11/h5-6,11H,3-4,7-8H2,1-2H3. The Morgan fingerprint density at radius 3 is 3.00 bits per heavy atom. The van der Waals surface area contributed by atoms with Crippen LogP contribution in [0.2, 0.25) is 0 Å². The minimum absolute atomic E-state index is 0.0481. The lowest BCUT2D eigenvalue weighted by Gasteiger charge is -2.13. The van der Waals surface area contributed by atoms with Crippen molar-refractivity contribution in [3.63, 3.8) is 0 Å². The van der Waals surface area contributed by atoms with Crippen molar-refractivity contribution in [2.45, 2.75) is 39.3 Å². The Kier molecular flexibility index (Phi) is 2.97. The van der Waals surface area contributed by atoms with Crippen LogP contribution >= 0.6 is 0 Å². The maximum Gasteiger partial charge on any atom is 0.261 e. The third-order valence-corrected chi connectivity index (χ3v) is 4.12. The number of pyridine rings is 1. The molecule has 1 unspecified atom stereocenters. The minimum atomic E-state index is -0.0481. The fraction of sp³-hybridized carbons (Fsp3) is 0.467. The topological polar surface area (TPSA) is 74.3 Å². The summed E-state index contributed by atoms with van der Waals surface area (Å²) in [7, 11) is 0. The first kappa shape index (κ1) is 13.4. The van der Waals surface area contributed by atoms with Gasteiger partial charge in [0.2, 0.25) is 0 Å². The molecule has 3 aromatic rings. The van der Waals surface area contributed by atoms with E-state index in [1.165, 1.54) is 0 Å². The summed E-state index contributed by atoms with van der Waals surface area (Å²) < 4.78 is 8.97. The molecule has 4 rings (SSSR count). The van der Waals surface area contributed by atoms with Crippen molar-refractivity contribution >= 4 is 16.7 Å². The number of fused-ring (bicyclic) bond motifs is 3. The highest BCUT2D eigenvalue weighted by molar-refractivity contribution is 5.81. The van der Waals surface area contributed by atoms with Gasteiger partial charge in [-0.1, -0.05) is 0 Å². The van der Waals surface area contributed by atoms with E-state index in [-0.39, 0.29) is 11.7 Å². The predicted octanol–water partition coefficient (Wildman–Crippen LogP) is 1.24. The molecule has 0 bridgehead atoms. The highest BCUT2D eigenvalue weighted by Crippen LogP contribution is 2.16. The summed E-state index contributed by atoms with van der Waals surface area (Å²) in [6.45, 7) is 5.02. The average molecular weight is 299 g/mol. The normalized spacial score (nSPS) is 18.5. The zero-order valence-corrected chi connectivity index (χ0v) is 12.6. The van der Waals surface area contributed by atoms with Crippen molar-refractivity contribution in [2.24, 2.45) is 0 Å². The number of hydrogen-bond acceptors (Lipinski definition) is 5. The van der Waals surface area contributed by atoms with Gasteiger partial charge in [-0.15, -0.1) is 5.10 Å². The van der Waals surface area contributed by atoms with Gasteiger partial charge in [0.1, 0.15) is 5.82 Å². The molecule has 0 radical (unpaired) electrons. The third kappa shape index (κ3) is 2.00. The Bertz CT molecular complexity index is 921. The van der Waals surface area contributed by atoms with Gasteiger partial charge in [0.25, 0.3) is 11.3 Å². The van der Waals surface area contributed by atoms with Gasteiger partial charge in [0.15, 0.2) is 0 Å². The Balaban J connectivity index is 1.92. The maximum absolute atomic E-state index is 12.8. The van der Waals surface area contributed by atoms with Gasteiger partial charge in [-0.25, -0.2) is 4.98 Å². The van der Waals surface area contributed by atoms with Gasteiger partial charge < -0.3 is 9.30 Å². The third-order valence-electron chi connectivity index (χ3n) is 4.12. The van der Waals surface area contributed by atoms with Crippen LogP contribution in [0.25, 0.3) is 16.7 Å². The van der Waals surface area contributed by atoms with Gasteiger partial charge in [-0.05, 0) is 32.8 Å². The summed E-state index contributed by atoms with van der Waals surface area (Å²) in [6.07, 6.45) is 4.00. The summed E-state index contributed by atoms with van der Waals surface area (Å²) in [5, 5.41) is 4.92. The number of nitrogens with zero attached hydrogens (tertiary/aromatic N) is 5. The molecule has 4 heterocycles. The van der Waals surface area contributed by atoms with E-state index in [2.05, 4.69) is 15.1 Å². The van der Waals surface area contributed by atoms with Gasteiger partial charge in [-0.2, -0.15) is 9.50 Å². The number of aromatic nitrogens is 5. The van der Waals surface area contributed by atoms with E-state index in [0.717, 1.165) is 25.0 Å². The molecule has 7 nitrogen and oxygen atoms in total. The van der Waals surface area contributed by atoms with E-state index in [9.17, 15) is 4.79 Å². The highest BCUT2D eigenvalue weighted by atomic mass is 16.5. The largest absolute Gasteiger partial charge is 0.376 e. The van der Waals surface area contributed by atoms with E-state index >= 15 is 0 Å². The first-order chi connectivity index (χ1) is 10.6. The molecule has 0 amide bonds. The summed E-state index contributed by atoms with van der Waals surface area (Å²) in [4.78, 5) is 21.5. The second-order valence-corrected chi connectivity index (χ2v) is 5.74. The predicted molar refractivity (Wildman–Crippen MR) is 81.0 cm³/mol. The first-order valence-electron chi connectivity index (χ1n) is 7.48.